The molecule has 0 bridgehead atoms. The second kappa shape index (κ2) is 10.6. The maximum absolute atomic E-state index is 12.3. The van der Waals surface area contributed by atoms with Crippen molar-refractivity contribution in [2.45, 2.75) is 51.5 Å². The lowest BCUT2D eigenvalue weighted by Crippen LogP contribution is -2.64. The Labute approximate surface area is 191 Å². The van der Waals surface area contributed by atoms with Gasteiger partial charge in [0.05, 0.1) is 7.11 Å². The van der Waals surface area contributed by atoms with Crippen LogP contribution in [0.25, 0.3) is 0 Å². The summed E-state index contributed by atoms with van der Waals surface area (Å²) in [5.41, 5.74) is 0. The van der Waals surface area contributed by atoms with Gasteiger partial charge < -0.3 is 33.5 Å². The molecule has 0 saturated carbocycles. The number of hydrogen-bond donors (Lipinski definition) is 1. The van der Waals surface area contributed by atoms with Crippen LogP contribution in [0.2, 0.25) is 0 Å². The second-order valence-electron chi connectivity index (χ2n) is 6.43. The van der Waals surface area contributed by atoms with Crippen LogP contribution >= 0.6 is 22.6 Å². The van der Waals surface area contributed by atoms with E-state index in [9.17, 15) is 24.3 Å². The fourth-order valence-electron chi connectivity index (χ4n) is 2.92. The van der Waals surface area contributed by atoms with E-state index >= 15 is 0 Å². The second-order valence-corrected chi connectivity index (χ2v) is 7.68. The Balaban J connectivity index is 2.52. The van der Waals surface area contributed by atoms with E-state index in [1.807, 2.05) is 22.6 Å². The van der Waals surface area contributed by atoms with Crippen molar-refractivity contribution in [3.63, 3.8) is 0 Å². The highest BCUT2D eigenvalue weighted by molar-refractivity contribution is 14.1. The van der Waals surface area contributed by atoms with Crippen molar-refractivity contribution in [3.8, 4) is 11.5 Å². The normalized spacial score (nSPS) is 25.1. The molecule has 170 valence electrons. The summed E-state index contributed by atoms with van der Waals surface area (Å²) < 4.78 is 32.3. The van der Waals surface area contributed by atoms with Crippen molar-refractivity contribution in [2.75, 3.05) is 7.11 Å². The van der Waals surface area contributed by atoms with Crippen LogP contribution in [-0.4, -0.2) is 66.8 Å². The Hall–Kier alpha value is -2.61. The van der Waals surface area contributed by atoms with Crippen molar-refractivity contribution >= 4 is 46.5 Å². The van der Waals surface area contributed by atoms with Gasteiger partial charge in [0.15, 0.2) is 18.3 Å². The summed E-state index contributed by atoms with van der Waals surface area (Å²) in [6, 6.07) is 4.28. The Bertz CT molecular complexity index is 835. The molecule has 1 aromatic rings. The lowest BCUT2D eigenvalue weighted by Gasteiger charge is -2.43. The van der Waals surface area contributed by atoms with Gasteiger partial charge in [0.2, 0.25) is 12.4 Å². The number of phenolic OH excluding ortho intramolecular Hbond substituents is 1. The lowest BCUT2D eigenvalue weighted by atomic mass is 9.97. The highest BCUT2D eigenvalue weighted by Gasteiger charge is 2.55. The lowest BCUT2D eigenvalue weighted by molar-refractivity contribution is -0.282. The molecule has 0 spiro atoms. The van der Waals surface area contributed by atoms with Crippen LogP contribution in [0.1, 0.15) is 20.8 Å². The average Bonchev–Trinajstić information content (AvgIpc) is 2.63. The summed E-state index contributed by atoms with van der Waals surface area (Å²) in [5.74, 6) is -3.31. The highest BCUT2D eigenvalue weighted by atomic mass is 127. The van der Waals surface area contributed by atoms with Crippen LogP contribution in [0, 0.1) is 3.57 Å². The summed E-state index contributed by atoms with van der Waals surface area (Å²) in [5, 5.41) is 9.81. The molecular formula is C19H21IO11. The molecule has 1 aliphatic rings. The van der Waals surface area contributed by atoms with Crippen molar-refractivity contribution < 1.29 is 52.7 Å². The summed E-state index contributed by atoms with van der Waals surface area (Å²) in [6.07, 6.45) is -7.41. The van der Waals surface area contributed by atoms with E-state index in [1.54, 1.807) is 6.07 Å². The predicted molar refractivity (Wildman–Crippen MR) is 109 cm³/mol. The number of rotatable bonds is 6. The third kappa shape index (κ3) is 6.69. The Morgan fingerprint density at radius 1 is 0.903 bits per heavy atom. The van der Waals surface area contributed by atoms with Crippen molar-refractivity contribution in [1.82, 2.24) is 0 Å². The molecule has 2 rings (SSSR count). The molecule has 11 nitrogen and oxygen atoms in total. The summed E-state index contributed by atoms with van der Waals surface area (Å²) in [7, 11) is 1.09. The first kappa shape index (κ1) is 24.7. The van der Waals surface area contributed by atoms with E-state index in [0.29, 0.717) is 3.57 Å². The molecule has 1 saturated heterocycles. The van der Waals surface area contributed by atoms with E-state index in [4.69, 9.17) is 28.4 Å². The van der Waals surface area contributed by atoms with E-state index in [1.165, 1.54) is 12.1 Å². The van der Waals surface area contributed by atoms with Gasteiger partial charge in [-0.3, -0.25) is 14.4 Å². The zero-order chi connectivity index (χ0) is 23.3. The molecule has 5 unspecified atom stereocenters. The van der Waals surface area contributed by atoms with Crippen LogP contribution in [0.5, 0.6) is 11.5 Å². The van der Waals surface area contributed by atoms with Gasteiger partial charge in [-0.1, -0.05) is 0 Å². The quantitative estimate of drug-likeness (QED) is 0.308. The molecule has 0 aromatic heterocycles. The maximum Gasteiger partial charge on any atom is 0.339 e. The predicted octanol–water partition coefficient (Wildman–Crippen LogP) is 1.07. The van der Waals surface area contributed by atoms with E-state index in [-0.39, 0.29) is 11.5 Å². The minimum Gasteiger partial charge on any atom is -0.508 e. The van der Waals surface area contributed by atoms with Crippen molar-refractivity contribution in [1.29, 1.82) is 0 Å². The van der Waals surface area contributed by atoms with Crippen LogP contribution in [0.3, 0.4) is 0 Å². The number of ether oxygens (including phenoxy) is 6. The zero-order valence-corrected chi connectivity index (χ0v) is 19.2. The SMILES string of the molecule is COC(=O)C1OC(Oc2cc(O)cc(I)c2)C(OC(C)=O)C(OC(C)=O)C1OC(C)=O. The fourth-order valence-corrected chi connectivity index (χ4v) is 3.55. The summed E-state index contributed by atoms with van der Waals surface area (Å²) in [6.45, 7) is 3.27. The molecule has 0 radical (unpaired) electrons. The number of carbonyl (C=O) groups excluding carboxylic acids is 4. The van der Waals surface area contributed by atoms with Gasteiger partial charge in [-0.25, -0.2) is 4.79 Å². The third-order valence-electron chi connectivity index (χ3n) is 3.94. The molecule has 1 N–H and O–H groups in total. The van der Waals surface area contributed by atoms with E-state index in [2.05, 4.69) is 0 Å². The largest absolute Gasteiger partial charge is 0.508 e. The molecule has 1 aromatic carbocycles. The maximum atomic E-state index is 12.3. The Morgan fingerprint density at radius 2 is 1.45 bits per heavy atom. The monoisotopic (exact) mass is 552 g/mol. The molecule has 12 heteroatoms. The van der Waals surface area contributed by atoms with Crippen LogP contribution in [0.15, 0.2) is 18.2 Å². The molecule has 1 aliphatic heterocycles. The molecule has 0 aliphatic carbocycles. The van der Waals surface area contributed by atoms with Crippen LogP contribution in [0.4, 0.5) is 0 Å². The smallest absolute Gasteiger partial charge is 0.339 e. The number of methoxy groups -OCH3 is 1. The molecular weight excluding hydrogens is 531 g/mol. The number of phenols is 1. The minimum atomic E-state index is -1.56. The Kier molecular flexibility index (Phi) is 8.44. The summed E-state index contributed by atoms with van der Waals surface area (Å²) in [4.78, 5) is 47.5. The molecule has 0 amide bonds. The zero-order valence-electron chi connectivity index (χ0n) is 17.0. The molecule has 1 heterocycles. The number of carbonyl (C=O) groups is 4. The van der Waals surface area contributed by atoms with Gasteiger partial charge in [0, 0.05) is 30.4 Å². The van der Waals surface area contributed by atoms with Gasteiger partial charge in [-0.15, -0.1) is 0 Å². The number of benzene rings is 1. The number of aromatic hydroxyl groups is 1. The van der Waals surface area contributed by atoms with Crippen LogP contribution < -0.4 is 4.74 Å². The first-order chi connectivity index (χ1) is 14.5. The van der Waals surface area contributed by atoms with Crippen molar-refractivity contribution in [2.24, 2.45) is 0 Å². The van der Waals surface area contributed by atoms with E-state index in [0.717, 1.165) is 27.9 Å². The fraction of sp³-hybridized carbons (Fsp3) is 0.474. The van der Waals surface area contributed by atoms with Gasteiger partial charge in [-0.2, -0.15) is 0 Å². The average molecular weight is 552 g/mol. The Morgan fingerprint density at radius 3 is 1.97 bits per heavy atom. The van der Waals surface area contributed by atoms with Gasteiger partial charge in [-0.05, 0) is 34.7 Å². The first-order valence-corrected chi connectivity index (χ1v) is 10.0. The van der Waals surface area contributed by atoms with E-state index < -0.39 is 54.6 Å². The standard InChI is InChI=1S/C19H21IO11/c1-8(21)27-14-15(28-9(2)22)17(29-10(3)23)19(31-16(14)18(25)26-4)30-13-6-11(20)5-12(24)7-13/h5-7,14-17,19,24H,1-4H3. The molecule has 31 heavy (non-hydrogen) atoms. The summed E-state index contributed by atoms with van der Waals surface area (Å²) >= 11 is 1.94. The molecule has 5 atom stereocenters. The number of halogens is 1. The minimum absolute atomic E-state index is 0.111. The number of esters is 4. The van der Waals surface area contributed by atoms with Gasteiger partial charge in [0.25, 0.3) is 0 Å². The highest BCUT2D eigenvalue weighted by Crippen LogP contribution is 2.32. The third-order valence-corrected chi connectivity index (χ3v) is 4.57. The van der Waals surface area contributed by atoms with Gasteiger partial charge in [0.1, 0.15) is 11.5 Å². The van der Waals surface area contributed by atoms with Gasteiger partial charge >= 0.3 is 23.9 Å². The topological polar surface area (TPSA) is 144 Å². The first-order valence-electron chi connectivity index (χ1n) is 8.93. The number of hydrogen-bond acceptors (Lipinski definition) is 11. The van der Waals surface area contributed by atoms with Crippen molar-refractivity contribution in [3.05, 3.63) is 21.8 Å². The molecule has 1 fully saturated rings. The van der Waals surface area contributed by atoms with Crippen LogP contribution in [-0.2, 0) is 42.9 Å².